The molecule has 0 spiro atoms. The van der Waals surface area contributed by atoms with E-state index >= 15 is 0 Å². The Bertz CT molecular complexity index is 226. The van der Waals surface area contributed by atoms with Crippen molar-refractivity contribution >= 4 is 5.82 Å². The maximum atomic E-state index is 4.98. The van der Waals surface area contributed by atoms with Crippen molar-refractivity contribution in [2.24, 2.45) is 0 Å². The van der Waals surface area contributed by atoms with Gasteiger partial charge >= 0.3 is 0 Å². The standard InChI is InChI=1S/C10H16N2O/c1-12(8-5-9-13-2)10-6-3-4-7-11-10/h3-4,6-7H,5,8-9H2,1-2H3. The second kappa shape index (κ2) is 5.54. The average molecular weight is 180 g/mol. The Morgan fingerprint density at radius 1 is 1.46 bits per heavy atom. The summed E-state index contributed by atoms with van der Waals surface area (Å²) in [4.78, 5) is 6.37. The largest absolute Gasteiger partial charge is 0.385 e. The maximum Gasteiger partial charge on any atom is 0.128 e. The minimum atomic E-state index is 0.803. The van der Waals surface area contributed by atoms with Crippen LogP contribution in [0.4, 0.5) is 5.82 Å². The second-order valence-electron chi connectivity index (χ2n) is 2.96. The monoisotopic (exact) mass is 180 g/mol. The Morgan fingerprint density at radius 3 is 2.92 bits per heavy atom. The van der Waals surface area contributed by atoms with Crippen LogP contribution in [0.5, 0.6) is 0 Å². The summed E-state index contributed by atoms with van der Waals surface area (Å²) in [5.41, 5.74) is 0. The summed E-state index contributed by atoms with van der Waals surface area (Å²) in [5, 5.41) is 0. The molecule has 0 radical (unpaired) electrons. The van der Waals surface area contributed by atoms with Crippen molar-refractivity contribution in [3.8, 4) is 0 Å². The van der Waals surface area contributed by atoms with Crippen LogP contribution in [0.25, 0.3) is 0 Å². The van der Waals surface area contributed by atoms with Gasteiger partial charge in [0, 0.05) is 33.5 Å². The van der Waals surface area contributed by atoms with Crippen LogP contribution in [0.1, 0.15) is 6.42 Å². The number of aromatic nitrogens is 1. The van der Waals surface area contributed by atoms with Crippen LogP contribution in [0.2, 0.25) is 0 Å². The Labute approximate surface area is 79.3 Å². The number of methoxy groups -OCH3 is 1. The van der Waals surface area contributed by atoms with E-state index < -0.39 is 0 Å². The molecule has 0 bridgehead atoms. The highest BCUT2D eigenvalue weighted by molar-refractivity contribution is 5.35. The first-order valence-corrected chi connectivity index (χ1v) is 4.45. The number of pyridine rings is 1. The molecule has 0 aliphatic rings. The molecule has 3 nitrogen and oxygen atoms in total. The Balaban J connectivity index is 2.35. The van der Waals surface area contributed by atoms with E-state index in [1.165, 1.54) is 0 Å². The van der Waals surface area contributed by atoms with E-state index in [1.54, 1.807) is 7.11 Å². The van der Waals surface area contributed by atoms with Gasteiger partial charge in [0.25, 0.3) is 0 Å². The quantitative estimate of drug-likeness (QED) is 0.643. The number of nitrogens with zero attached hydrogens (tertiary/aromatic N) is 2. The number of hydrogen-bond acceptors (Lipinski definition) is 3. The first kappa shape index (κ1) is 9.99. The zero-order valence-corrected chi connectivity index (χ0v) is 8.23. The lowest BCUT2D eigenvalue weighted by molar-refractivity contribution is 0.196. The highest BCUT2D eigenvalue weighted by Crippen LogP contribution is 2.06. The fourth-order valence-corrected chi connectivity index (χ4v) is 1.14. The third kappa shape index (κ3) is 3.42. The van der Waals surface area contributed by atoms with Crippen molar-refractivity contribution in [3.05, 3.63) is 24.4 Å². The van der Waals surface area contributed by atoms with Gasteiger partial charge in [0.15, 0.2) is 0 Å². The zero-order valence-electron chi connectivity index (χ0n) is 8.23. The first-order chi connectivity index (χ1) is 6.34. The van der Waals surface area contributed by atoms with Gasteiger partial charge in [0.05, 0.1) is 0 Å². The lowest BCUT2D eigenvalue weighted by Crippen LogP contribution is -2.20. The molecule has 0 fully saturated rings. The fourth-order valence-electron chi connectivity index (χ4n) is 1.14. The van der Waals surface area contributed by atoms with E-state index in [9.17, 15) is 0 Å². The number of rotatable bonds is 5. The van der Waals surface area contributed by atoms with Crippen molar-refractivity contribution in [1.82, 2.24) is 4.98 Å². The fraction of sp³-hybridized carbons (Fsp3) is 0.500. The maximum absolute atomic E-state index is 4.98. The Kier molecular flexibility index (Phi) is 4.26. The molecule has 0 saturated heterocycles. The van der Waals surface area contributed by atoms with E-state index in [-0.39, 0.29) is 0 Å². The van der Waals surface area contributed by atoms with Gasteiger partial charge in [-0.25, -0.2) is 4.98 Å². The van der Waals surface area contributed by atoms with Gasteiger partial charge in [-0.15, -0.1) is 0 Å². The van der Waals surface area contributed by atoms with E-state index in [0.717, 1.165) is 25.4 Å². The zero-order chi connectivity index (χ0) is 9.52. The van der Waals surface area contributed by atoms with E-state index in [0.29, 0.717) is 0 Å². The molecular weight excluding hydrogens is 164 g/mol. The number of ether oxygens (including phenoxy) is 1. The highest BCUT2D eigenvalue weighted by atomic mass is 16.5. The predicted molar refractivity (Wildman–Crippen MR) is 54.0 cm³/mol. The van der Waals surface area contributed by atoms with Gasteiger partial charge in [0.1, 0.15) is 5.82 Å². The molecule has 1 aromatic heterocycles. The minimum absolute atomic E-state index is 0.803. The van der Waals surface area contributed by atoms with Gasteiger partial charge in [-0.05, 0) is 18.6 Å². The van der Waals surface area contributed by atoms with Gasteiger partial charge in [0.2, 0.25) is 0 Å². The van der Waals surface area contributed by atoms with Crippen LogP contribution in [0.15, 0.2) is 24.4 Å². The van der Waals surface area contributed by atoms with E-state index in [2.05, 4.69) is 9.88 Å². The first-order valence-electron chi connectivity index (χ1n) is 4.45. The summed E-state index contributed by atoms with van der Waals surface area (Å²) in [6, 6.07) is 5.93. The van der Waals surface area contributed by atoms with Crippen LogP contribution in [-0.4, -0.2) is 32.3 Å². The molecule has 0 N–H and O–H groups in total. The molecular formula is C10H16N2O. The van der Waals surface area contributed by atoms with Crippen molar-refractivity contribution in [2.45, 2.75) is 6.42 Å². The minimum Gasteiger partial charge on any atom is -0.385 e. The summed E-state index contributed by atoms with van der Waals surface area (Å²) >= 11 is 0. The van der Waals surface area contributed by atoms with Gasteiger partial charge < -0.3 is 9.64 Å². The molecule has 0 aromatic carbocycles. The molecule has 13 heavy (non-hydrogen) atoms. The Morgan fingerprint density at radius 2 is 2.31 bits per heavy atom. The number of hydrogen-bond donors (Lipinski definition) is 0. The highest BCUT2D eigenvalue weighted by Gasteiger charge is 1.99. The normalized spacial score (nSPS) is 10.0. The molecule has 0 atom stereocenters. The molecule has 1 aromatic rings. The average Bonchev–Trinajstić information content (AvgIpc) is 2.19. The lowest BCUT2D eigenvalue weighted by Gasteiger charge is -2.17. The molecule has 0 aliphatic carbocycles. The van der Waals surface area contributed by atoms with E-state index in [1.807, 2.05) is 31.4 Å². The van der Waals surface area contributed by atoms with Crippen molar-refractivity contribution in [3.63, 3.8) is 0 Å². The molecule has 0 unspecified atom stereocenters. The third-order valence-corrected chi connectivity index (χ3v) is 1.88. The topological polar surface area (TPSA) is 25.4 Å². The SMILES string of the molecule is COCCCN(C)c1ccccn1. The van der Waals surface area contributed by atoms with Crippen molar-refractivity contribution < 1.29 is 4.74 Å². The molecule has 72 valence electrons. The van der Waals surface area contributed by atoms with E-state index in [4.69, 9.17) is 4.74 Å². The molecule has 0 aliphatic heterocycles. The summed E-state index contributed by atoms with van der Waals surface area (Å²) < 4.78 is 4.98. The van der Waals surface area contributed by atoms with Crippen LogP contribution >= 0.6 is 0 Å². The Hall–Kier alpha value is -1.09. The summed E-state index contributed by atoms with van der Waals surface area (Å²) in [6.45, 7) is 1.78. The van der Waals surface area contributed by atoms with Gasteiger partial charge in [-0.1, -0.05) is 6.07 Å². The van der Waals surface area contributed by atoms with Crippen LogP contribution in [0.3, 0.4) is 0 Å². The molecule has 1 heterocycles. The molecule has 0 amide bonds. The molecule has 3 heteroatoms. The second-order valence-corrected chi connectivity index (χ2v) is 2.96. The van der Waals surface area contributed by atoms with Crippen LogP contribution in [-0.2, 0) is 4.74 Å². The summed E-state index contributed by atoms with van der Waals surface area (Å²) in [6.07, 6.45) is 2.84. The molecule has 1 rings (SSSR count). The summed E-state index contributed by atoms with van der Waals surface area (Å²) in [5.74, 6) is 1.01. The number of anilines is 1. The van der Waals surface area contributed by atoms with Crippen LogP contribution in [0, 0.1) is 0 Å². The van der Waals surface area contributed by atoms with Gasteiger partial charge in [-0.3, -0.25) is 0 Å². The summed E-state index contributed by atoms with van der Waals surface area (Å²) in [7, 11) is 3.76. The van der Waals surface area contributed by atoms with Crippen LogP contribution < -0.4 is 4.90 Å². The van der Waals surface area contributed by atoms with Crippen molar-refractivity contribution in [1.29, 1.82) is 0 Å². The smallest absolute Gasteiger partial charge is 0.128 e. The predicted octanol–water partition coefficient (Wildman–Crippen LogP) is 1.55. The third-order valence-electron chi connectivity index (χ3n) is 1.88. The van der Waals surface area contributed by atoms with Gasteiger partial charge in [-0.2, -0.15) is 0 Å². The van der Waals surface area contributed by atoms with Crippen molar-refractivity contribution in [2.75, 3.05) is 32.2 Å². The molecule has 0 saturated carbocycles. The lowest BCUT2D eigenvalue weighted by atomic mass is 10.4.